The quantitative estimate of drug-likeness (QED) is 0.617. The van der Waals surface area contributed by atoms with Gasteiger partial charge in [-0.2, -0.15) is 0 Å². The van der Waals surface area contributed by atoms with E-state index in [0.717, 1.165) is 12.8 Å². The summed E-state index contributed by atoms with van der Waals surface area (Å²) in [4.78, 5) is 11.0. The van der Waals surface area contributed by atoms with E-state index in [2.05, 4.69) is 5.32 Å². The van der Waals surface area contributed by atoms with E-state index in [1.165, 1.54) is 0 Å². The van der Waals surface area contributed by atoms with Crippen molar-refractivity contribution in [2.24, 2.45) is 0 Å². The van der Waals surface area contributed by atoms with Gasteiger partial charge in [0.15, 0.2) is 0 Å². The van der Waals surface area contributed by atoms with Crippen LogP contribution < -0.4 is 5.32 Å². The van der Waals surface area contributed by atoms with E-state index in [9.17, 15) is 9.90 Å². The van der Waals surface area contributed by atoms with Gasteiger partial charge in [-0.05, 0) is 13.3 Å². The first-order chi connectivity index (χ1) is 7.99. The van der Waals surface area contributed by atoms with Crippen LogP contribution in [-0.4, -0.2) is 47.1 Å². The number of rotatable bonds is 7. The largest absolute Gasteiger partial charge is 0.480 e. The maximum atomic E-state index is 11.0. The molecule has 1 aliphatic rings. The van der Waals surface area contributed by atoms with E-state index in [4.69, 9.17) is 9.84 Å². The van der Waals surface area contributed by atoms with Gasteiger partial charge in [0.2, 0.25) is 0 Å². The van der Waals surface area contributed by atoms with Crippen molar-refractivity contribution >= 4 is 5.97 Å². The third kappa shape index (κ3) is 3.94. The number of aliphatic carboxylic acids is 1. The zero-order chi connectivity index (χ0) is 12.9. The van der Waals surface area contributed by atoms with Crippen LogP contribution in [0.4, 0.5) is 0 Å². The zero-order valence-electron chi connectivity index (χ0n) is 10.6. The Morgan fingerprint density at radius 1 is 1.65 bits per heavy atom. The smallest absolute Gasteiger partial charge is 0.320 e. The number of carboxylic acid groups (broad SMARTS) is 1. The van der Waals surface area contributed by atoms with Crippen LogP contribution in [-0.2, 0) is 9.53 Å². The molecule has 3 N–H and O–H groups in total. The summed E-state index contributed by atoms with van der Waals surface area (Å²) in [6.07, 6.45) is 2.75. The third-order valence-corrected chi connectivity index (χ3v) is 3.46. The summed E-state index contributed by atoms with van der Waals surface area (Å²) in [7, 11) is 0. The fourth-order valence-electron chi connectivity index (χ4n) is 2.02. The number of aliphatic hydroxyl groups is 1. The van der Waals surface area contributed by atoms with Crippen molar-refractivity contribution in [3.05, 3.63) is 0 Å². The van der Waals surface area contributed by atoms with E-state index in [-0.39, 0.29) is 12.6 Å². The van der Waals surface area contributed by atoms with Gasteiger partial charge in [0.1, 0.15) is 11.6 Å². The van der Waals surface area contributed by atoms with Crippen LogP contribution in [0.1, 0.15) is 39.5 Å². The first-order valence-corrected chi connectivity index (χ1v) is 6.30. The highest BCUT2D eigenvalue weighted by molar-refractivity contribution is 5.73. The van der Waals surface area contributed by atoms with Crippen LogP contribution in [0.3, 0.4) is 0 Å². The van der Waals surface area contributed by atoms with Gasteiger partial charge in [0.25, 0.3) is 0 Å². The van der Waals surface area contributed by atoms with Crippen LogP contribution >= 0.6 is 0 Å². The van der Waals surface area contributed by atoms with Crippen molar-refractivity contribution in [3.8, 4) is 0 Å². The summed E-state index contributed by atoms with van der Waals surface area (Å²) in [6.45, 7) is 4.65. The first kappa shape index (κ1) is 14.4. The molecule has 100 valence electrons. The molecule has 3 unspecified atom stereocenters. The molecule has 1 fully saturated rings. The lowest BCUT2D eigenvalue weighted by molar-refractivity contribution is -0.140. The van der Waals surface area contributed by atoms with Crippen LogP contribution in [0, 0.1) is 0 Å². The van der Waals surface area contributed by atoms with Crippen molar-refractivity contribution in [1.82, 2.24) is 5.32 Å². The number of nitrogens with one attached hydrogen (secondary N) is 1. The predicted octanol–water partition coefficient (Wildman–Crippen LogP) is 0.759. The van der Waals surface area contributed by atoms with Crippen molar-refractivity contribution in [2.75, 3.05) is 13.2 Å². The third-order valence-electron chi connectivity index (χ3n) is 3.46. The Morgan fingerprint density at radius 2 is 2.35 bits per heavy atom. The minimum Gasteiger partial charge on any atom is -0.480 e. The lowest BCUT2D eigenvalue weighted by Gasteiger charge is -2.28. The second kappa shape index (κ2) is 6.33. The second-order valence-electron chi connectivity index (χ2n) is 4.78. The molecule has 5 nitrogen and oxygen atoms in total. The standard InChI is InChI=1S/C12H23NO4/c1-3-4-5-10(11(14)15)13-8-12(16)6-7-17-9(12)2/h9-10,13,16H,3-8H2,1-2H3,(H,14,15). The molecule has 17 heavy (non-hydrogen) atoms. The number of carboxylic acids is 1. The molecule has 0 spiro atoms. The molecule has 0 aromatic rings. The SMILES string of the molecule is CCCCC(NCC1(O)CCOC1C)C(=O)O. The van der Waals surface area contributed by atoms with Gasteiger partial charge in [-0.1, -0.05) is 19.8 Å². The number of hydrogen-bond acceptors (Lipinski definition) is 4. The highest BCUT2D eigenvalue weighted by Crippen LogP contribution is 2.25. The van der Waals surface area contributed by atoms with E-state index in [1.807, 2.05) is 13.8 Å². The van der Waals surface area contributed by atoms with Crippen LogP contribution in [0.2, 0.25) is 0 Å². The van der Waals surface area contributed by atoms with Gasteiger partial charge in [0, 0.05) is 19.6 Å². The maximum absolute atomic E-state index is 11.0. The summed E-state index contributed by atoms with van der Waals surface area (Å²) >= 11 is 0. The Kier molecular flexibility index (Phi) is 5.36. The average molecular weight is 245 g/mol. The summed E-state index contributed by atoms with van der Waals surface area (Å²) in [5, 5.41) is 22.2. The minimum absolute atomic E-state index is 0.240. The lowest BCUT2D eigenvalue weighted by atomic mass is 9.96. The first-order valence-electron chi connectivity index (χ1n) is 6.30. The fraction of sp³-hybridized carbons (Fsp3) is 0.917. The maximum Gasteiger partial charge on any atom is 0.320 e. The molecule has 0 aliphatic carbocycles. The topological polar surface area (TPSA) is 78.8 Å². The summed E-state index contributed by atoms with van der Waals surface area (Å²) in [5.41, 5.74) is -0.931. The van der Waals surface area contributed by atoms with Crippen LogP contribution in [0.25, 0.3) is 0 Å². The Labute approximate surface area is 102 Å². The Balaban J connectivity index is 2.43. The molecule has 0 aromatic heterocycles. The highest BCUT2D eigenvalue weighted by atomic mass is 16.5. The second-order valence-corrected chi connectivity index (χ2v) is 4.78. The highest BCUT2D eigenvalue weighted by Gasteiger charge is 2.39. The molecular weight excluding hydrogens is 222 g/mol. The van der Waals surface area contributed by atoms with E-state index < -0.39 is 17.6 Å². The number of unbranched alkanes of at least 4 members (excludes halogenated alkanes) is 1. The van der Waals surface area contributed by atoms with E-state index in [1.54, 1.807) is 0 Å². The molecule has 0 bridgehead atoms. The molecule has 1 rings (SSSR count). The molecule has 0 amide bonds. The normalized spacial score (nSPS) is 30.4. The van der Waals surface area contributed by atoms with Gasteiger partial charge in [-0.25, -0.2) is 0 Å². The summed E-state index contributed by atoms with van der Waals surface area (Å²) in [6, 6.07) is -0.577. The Morgan fingerprint density at radius 3 is 2.82 bits per heavy atom. The molecule has 0 saturated carbocycles. The predicted molar refractivity (Wildman–Crippen MR) is 63.9 cm³/mol. The Hall–Kier alpha value is -0.650. The molecule has 5 heteroatoms. The lowest BCUT2D eigenvalue weighted by Crippen LogP contribution is -2.50. The summed E-state index contributed by atoms with van der Waals surface area (Å²) in [5.74, 6) is -0.853. The van der Waals surface area contributed by atoms with Gasteiger partial charge in [0.05, 0.1) is 6.10 Å². The van der Waals surface area contributed by atoms with E-state index >= 15 is 0 Å². The number of carbonyl (C=O) groups is 1. The fourth-order valence-corrected chi connectivity index (χ4v) is 2.02. The zero-order valence-corrected chi connectivity index (χ0v) is 10.6. The van der Waals surface area contributed by atoms with Crippen LogP contribution in [0.5, 0.6) is 0 Å². The van der Waals surface area contributed by atoms with Crippen molar-refractivity contribution in [2.45, 2.75) is 57.3 Å². The molecule has 1 saturated heterocycles. The molecule has 1 heterocycles. The molecule has 0 aromatic carbocycles. The van der Waals surface area contributed by atoms with Crippen LogP contribution in [0.15, 0.2) is 0 Å². The minimum atomic E-state index is -0.931. The number of hydrogen-bond donors (Lipinski definition) is 3. The molecular formula is C12H23NO4. The average Bonchev–Trinajstić information content (AvgIpc) is 2.59. The monoisotopic (exact) mass is 245 g/mol. The Bertz CT molecular complexity index is 259. The van der Waals surface area contributed by atoms with Crippen molar-refractivity contribution < 1.29 is 19.7 Å². The van der Waals surface area contributed by atoms with Gasteiger partial charge >= 0.3 is 5.97 Å². The summed E-state index contributed by atoms with van der Waals surface area (Å²) < 4.78 is 5.30. The molecule has 3 atom stereocenters. The van der Waals surface area contributed by atoms with Gasteiger partial charge in [-0.15, -0.1) is 0 Å². The number of ether oxygens (including phenoxy) is 1. The molecule has 1 aliphatic heterocycles. The van der Waals surface area contributed by atoms with Gasteiger partial charge in [-0.3, -0.25) is 4.79 Å². The van der Waals surface area contributed by atoms with E-state index in [0.29, 0.717) is 19.4 Å². The van der Waals surface area contributed by atoms with Crippen molar-refractivity contribution in [1.29, 1.82) is 0 Å². The molecule has 0 radical (unpaired) electrons. The van der Waals surface area contributed by atoms with Crippen molar-refractivity contribution in [3.63, 3.8) is 0 Å². The van der Waals surface area contributed by atoms with Gasteiger partial charge < -0.3 is 20.3 Å².